The number of esters is 1. The number of hydrogen-bond donors (Lipinski definition) is 0. The molecule has 0 aliphatic rings. The van der Waals surface area contributed by atoms with Crippen LogP contribution in [0.25, 0.3) is 0 Å². The van der Waals surface area contributed by atoms with Crippen LogP contribution in [0.4, 0.5) is 0 Å². The predicted octanol–water partition coefficient (Wildman–Crippen LogP) is 11.3. The van der Waals surface area contributed by atoms with Crippen LogP contribution in [0.5, 0.6) is 0 Å². The zero-order chi connectivity index (χ0) is 31.9. The van der Waals surface area contributed by atoms with Crippen molar-refractivity contribution in [2.24, 2.45) is 0 Å². The van der Waals surface area contributed by atoms with Crippen LogP contribution in [0.2, 0.25) is 0 Å². The Morgan fingerprint density at radius 1 is 0.614 bits per heavy atom. The summed E-state index contributed by atoms with van der Waals surface area (Å²) in [5, 5.41) is 8.17. The molecule has 0 saturated heterocycles. The summed E-state index contributed by atoms with van der Waals surface area (Å²) in [6.45, 7) is 11.9. The zero-order valence-corrected chi connectivity index (χ0v) is 29.9. The van der Waals surface area contributed by atoms with E-state index in [0.717, 1.165) is 57.6 Å². The van der Waals surface area contributed by atoms with Gasteiger partial charge in [0.1, 0.15) is 6.10 Å². The first kappa shape index (κ1) is 40.6. The maximum absolute atomic E-state index is 12.7. The number of rotatable bonds is 33. The lowest BCUT2D eigenvalue weighted by atomic mass is 10.0. The molecule has 0 aliphatic carbocycles. The monoisotopic (exact) mass is 620 g/mol. The number of aromatic nitrogens is 2. The van der Waals surface area contributed by atoms with Crippen LogP contribution in [0, 0.1) is 6.92 Å². The topological polar surface area (TPSA) is 68.5 Å². The lowest BCUT2D eigenvalue weighted by Gasteiger charge is -2.21. The second-order valence-corrected chi connectivity index (χ2v) is 13.3. The minimum atomic E-state index is 0.0355. The third kappa shape index (κ3) is 24.8. The molecule has 0 aromatic carbocycles. The van der Waals surface area contributed by atoms with E-state index in [2.05, 4.69) is 35.9 Å². The van der Waals surface area contributed by atoms with Gasteiger partial charge in [-0.05, 0) is 58.0 Å². The molecule has 0 amide bonds. The molecule has 1 rings (SSSR count). The van der Waals surface area contributed by atoms with Crippen molar-refractivity contribution in [1.82, 2.24) is 15.1 Å². The van der Waals surface area contributed by atoms with Gasteiger partial charge in [-0.25, -0.2) is 0 Å². The summed E-state index contributed by atoms with van der Waals surface area (Å²) in [4.78, 5) is 15.3. The van der Waals surface area contributed by atoms with Gasteiger partial charge < -0.3 is 14.1 Å². The van der Waals surface area contributed by atoms with E-state index >= 15 is 0 Å². The van der Waals surface area contributed by atoms with Crippen molar-refractivity contribution in [3.8, 4) is 0 Å². The van der Waals surface area contributed by atoms with Crippen LogP contribution in [-0.4, -0.2) is 46.8 Å². The molecule has 0 fully saturated rings. The first-order valence-corrected chi connectivity index (χ1v) is 19.3. The van der Waals surface area contributed by atoms with Crippen molar-refractivity contribution < 1.29 is 13.9 Å². The van der Waals surface area contributed by atoms with Gasteiger partial charge in [0, 0.05) is 26.3 Å². The molecule has 0 atom stereocenters. The molecule has 0 N–H and O–H groups in total. The van der Waals surface area contributed by atoms with Gasteiger partial charge in [-0.1, -0.05) is 136 Å². The fourth-order valence-electron chi connectivity index (χ4n) is 6.09. The van der Waals surface area contributed by atoms with E-state index in [4.69, 9.17) is 9.15 Å². The molecule has 0 saturated carbocycles. The molecule has 0 spiro atoms. The molecule has 0 bridgehead atoms. The van der Waals surface area contributed by atoms with E-state index in [1.54, 1.807) is 0 Å². The fraction of sp³-hybridized carbons (Fsp3) is 0.921. The van der Waals surface area contributed by atoms with Gasteiger partial charge in [0.05, 0.1) is 0 Å². The van der Waals surface area contributed by atoms with Crippen LogP contribution < -0.4 is 0 Å². The van der Waals surface area contributed by atoms with Crippen LogP contribution in [0.1, 0.15) is 199 Å². The number of aryl methyl sites for hydroxylation is 1. The number of ether oxygens (including phenoxy) is 1. The molecule has 44 heavy (non-hydrogen) atoms. The van der Waals surface area contributed by atoms with Gasteiger partial charge in [-0.15, -0.1) is 10.2 Å². The fourth-order valence-corrected chi connectivity index (χ4v) is 6.09. The zero-order valence-electron chi connectivity index (χ0n) is 29.9. The van der Waals surface area contributed by atoms with Gasteiger partial charge in [0.15, 0.2) is 0 Å². The number of carbonyl (C=O) groups excluding carboxylic acids is 1. The first-order valence-electron chi connectivity index (χ1n) is 19.3. The van der Waals surface area contributed by atoms with Crippen molar-refractivity contribution in [1.29, 1.82) is 0 Å². The highest BCUT2D eigenvalue weighted by atomic mass is 16.5. The molecule has 0 radical (unpaired) electrons. The van der Waals surface area contributed by atoms with Crippen LogP contribution in [0.15, 0.2) is 4.42 Å². The summed E-state index contributed by atoms with van der Waals surface area (Å²) in [6.07, 6.45) is 32.9. The van der Waals surface area contributed by atoms with Crippen molar-refractivity contribution in [3.63, 3.8) is 0 Å². The molecule has 1 heterocycles. The minimum absolute atomic E-state index is 0.0355. The van der Waals surface area contributed by atoms with E-state index in [9.17, 15) is 4.79 Å². The Morgan fingerprint density at radius 3 is 1.55 bits per heavy atom. The number of unbranched alkanes of at least 4 members (excludes halogenated alkanes) is 19. The average molecular weight is 620 g/mol. The smallest absolute Gasteiger partial charge is 0.306 e. The minimum Gasteiger partial charge on any atom is -0.462 e. The molecule has 6 heteroatoms. The molecular weight excluding hydrogens is 546 g/mol. The van der Waals surface area contributed by atoms with Crippen LogP contribution >= 0.6 is 0 Å². The SMILES string of the molecule is CCCCCCCCC(CCCCCCCC)OC(=O)CCCCCCCN(CCCCCCCC)CCc1nnc(C)o1. The largest absolute Gasteiger partial charge is 0.462 e. The number of carbonyl (C=O) groups is 1. The molecule has 0 unspecified atom stereocenters. The summed E-state index contributed by atoms with van der Waals surface area (Å²) in [7, 11) is 0. The third-order valence-corrected chi connectivity index (χ3v) is 8.95. The Kier molecular flexibility index (Phi) is 27.9. The van der Waals surface area contributed by atoms with E-state index in [1.165, 1.54) is 135 Å². The summed E-state index contributed by atoms with van der Waals surface area (Å²) < 4.78 is 11.6. The van der Waals surface area contributed by atoms with Crippen molar-refractivity contribution in [2.75, 3.05) is 19.6 Å². The molecule has 1 aromatic heterocycles. The highest BCUT2D eigenvalue weighted by Crippen LogP contribution is 2.18. The third-order valence-electron chi connectivity index (χ3n) is 8.95. The summed E-state index contributed by atoms with van der Waals surface area (Å²) in [5.41, 5.74) is 0. The van der Waals surface area contributed by atoms with Gasteiger partial charge in [0.2, 0.25) is 11.8 Å². The van der Waals surface area contributed by atoms with E-state index in [-0.39, 0.29) is 12.1 Å². The Hall–Kier alpha value is -1.43. The Morgan fingerprint density at radius 2 is 1.07 bits per heavy atom. The Balaban J connectivity index is 2.27. The Labute approximate surface area is 273 Å². The van der Waals surface area contributed by atoms with E-state index in [1.807, 2.05) is 6.92 Å². The molecule has 6 nitrogen and oxygen atoms in total. The maximum Gasteiger partial charge on any atom is 0.306 e. The van der Waals surface area contributed by atoms with Gasteiger partial charge in [-0.3, -0.25) is 4.79 Å². The standard InChI is InChI=1S/C38H73N3O3/c1-5-8-11-14-18-23-28-36(29-24-19-15-12-9-6-2)44-38(42)30-25-20-17-22-27-33-41(32-26-21-16-13-10-7-3)34-31-37-40-39-35(4)43-37/h36H,5-34H2,1-4H3. The highest BCUT2D eigenvalue weighted by Gasteiger charge is 2.14. The quantitative estimate of drug-likeness (QED) is 0.0576. The van der Waals surface area contributed by atoms with Gasteiger partial charge in [0.25, 0.3) is 0 Å². The molecule has 0 aliphatic heterocycles. The second-order valence-electron chi connectivity index (χ2n) is 13.3. The molecular formula is C38H73N3O3. The summed E-state index contributed by atoms with van der Waals surface area (Å²) >= 11 is 0. The second kappa shape index (κ2) is 30.2. The Bertz CT molecular complexity index is 737. The van der Waals surface area contributed by atoms with Crippen molar-refractivity contribution in [2.45, 2.75) is 207 Å². The number of hydrogen-bond acceptors (Lipinski definition) is 6. The van der Waals surface area contributed by atoms with Crippen LogP contribution in [-0.2, 0) is 16.0 Å². The predicted molar refractivity (Wildman–Crippen MR) is 186 cm³/mol. The van der Waals surface area contributed by atoms with Crippen LogP contribution in [0.3, 0.4) is 0 Å². The lowest BCUT2D eigenvalue weighted by Crippen LogP contribution is -2.28. The van der Waals surface area contributed by atoms with Crippen molar-refractivity contribution >= 4 is 5.97 Å². The van der Waals surface area contributed by atoms with Gasteiger partial charge in [-0.2, -0.15) is 0 Å². The molecule has 1 aromatic rings. The average Bonchev–Trinajstić information content (AvgIpc) is 3.44. The normalized spacial score (nSPS) is 11.7. The molecule has 258 valence electrons. The highest BCUT2D eigenvalue weighted by molar-refractivity contribution is 5.69. The first-order chi connectivity index (χ1) is 21.6. The summed E-state index contributed by atoms with van der Waals surface area (Å²) in [5.74, 6) is 1.44. The van der Waals surface area contributed by atoms with Crippen molar-refractivity contribution in [3.05, 3.63) is 11.8 Å². The number of nitrogens with zero attached hydrogens (tertiary/aromatic N) is 3. The lowest BCUT2D eigenvalue weighted by molar-refractivity contribution is -0.150. The maximum atomic E-state index is 12.7. The van der Waals surface area contributed by atoms with Gasteiger partial charge >= 0.3 is 5.97 Å². The summed E-state index contributed by atoms with van der Waals surface area (Å²) in [6, 6.07) is 0. The van der Waals surface area contributed by atoms with E-state index < -0.39 is 0 Å². The van der Waals surface area contributed by atoms with E-state index in [0.29, 0.717) is 12.3 Å².